The Bertz CT molecular complexity index is 1380. The molecule has 0 saturated carbocycles. The molecular weight excluding hydrogens is 358 g/mol. The van der Waals surface area contributed by atoms with E-state index < -0.39 is 5.97 Å². The van der Waals surface area contributed by atoms with Gasteiger partial charge in [0.05, 0.1) is 11.2 Å². The first kappa shape index (κ1) is 15.9. The summed E-state index contributed by atoms with van der Waals surface area (Å²) in [6.45, 7) is 2.04. The van der Waals surface area contributed by atoms with Gasteiger partial charge in [0.15, 0.2) is 0 Å². The maximum atomic E-state index is 11.9. The van der Waals surface area contributed by atoms with Crippen molar-refractivity contribution in [3.63, 3.8) is 0 Å². The fourth-order valence-electron chi connectivity index (χ4n) is 3.78. The lowest BCUT2D eigenvalue weighted by Crippen LogP contribution is -2.06. The van der Waals surface area contributed by atoms with Crippen LogP contribution in [0.3, 0.4) is 0 Å². The first-order chi connectivity index (χ1) is 13.0. The van der Waals surface area contributed by atoms with Crippen molar-refractivity contribution in [1.82, 2.24) is 4.57 Å². The van der Waals surface area contributed by atoms with E-state index in [-0.39, 0.29) is 11.4 Å². The molecule has 5 heteroatoms. The lowest BCUT2D eigenvalue weighted by atomic mass is 10.1. The molecule has 0 atom stereocenters. The number of rotatable bonds is 2. The summed E-state index contributed by atoms with van der Waals surface area (Å²) in [5.74, 6) is -0.897. The van der Waals surface area contributed by atoms with Crippen LogP contribution < -0.4 is 0 Å². The lowest BCUT2D eigenvalue weighted by molar-refractivity contribution is 0.0688. The third-order valence-corrected chi connectivity index (χ3v) is 6.31. The second kappa shape index (κ2) is 5.59. The summed E-state index contributed by atoms with van der Waals surface area (Å²) in [4.78, 5) is 11.9. The topological polar surface area (TPSA) is 62.5 Å². The molecule has 0 bridgehead atoms. The van der Waals surface area contributed by atoms with E-state index in [1.54, 1.807) is 46.2 Å². The monoisotopic (exact) mass is 373 g/mol. The van der Waals surface area contributed by atoms with Crippen molar-refractivity contribution in [2.75, 3.05) is 0 Å². The normalized spacial score (nSPS) is 11.6. The first-order valence-corrected chi connectivity index (χ1v) is 9.35. The van der Waals surface area contributed by atoms with Crippen LogP contribution in [0.1, 0.15) is 16.1 Å². The average Bonchev–Trinajstić information content (AvgIpc) is 3.21. The Hall–Kier alpha value is -3.31. The fraction of sp³-hybridized carbons (Fsp3) is 0.0455. The Morgan fingerprint density at radius 2 is 1.78 bits per heavy atom. The number of carboxylic acids is 1. The van der Waals surface area contributed by atoms with Gasteiger partial charge in [-0.1, -0.05) is 24.3 Å². The zero-order valence-electron chi connectivity index (χ0n) is 14.4. The Balaban J connectivity index is 1.98. The Kier molecular flexibility index (Phi) is 3.29. The Labute approximate surface area is 158 Å². The van der Waals surface area contributed by atoms with Crippen molar-refractivity contribution < 1.29 is 15.0 Å². The highest BCUT2D eigenvalue weighted by Crippen LogP contribution is 2.40. The number of aromatic carboxylic acids is 1. The smallest absolute Gasteiger partial charge is 0.352 e. The number of fused-ring (bicyclic) bond motifs is 4. The van der Waals surface area contributed by atoms with Crippen LogP contribution in [0.4, 0.5) is 0 Å². The largest absolute Gasteiger partial charge is 0.508 e. The molecule has 132 valence electrons. The summed E-state index contributed by atoms with van der Waals surface area (Å²) < 4.78 is 4.09. The molecule has 4 nitrogen and oxygen atoms in total. The van der Waals surface area contributed by atoms with Crippen LogP contribution in [0.5, 0.6) is 5.75 Å². The molecule has 0 aliphatic heterocycles. The molecular formula is C22H15NO3S. The van der Waals surface area contributed by atoms with Gasteiger partial charge in [0.25, 0.3) is 0 Å². The van der Waals surface area contributed by atoms with Crippen molar-refractivity contribution in [1.29, 1.82) is 0 Å². The van der Waals surface area contributed by atoms with Crippen LogP contribution in [0, 0.1) is 6.92 Å². The van der Waals surface area contributed by atoms with Crippen molar-refractivity contribution in [2.24, 2.45) is 0 Å². The molecule has 0 unspecified atom stereocenters. The zero-order valence-corrected chi connectivity index (χ0v) is 15.2. The Morgan fingerprint density at radius 1 is 0.963 bits per heavy atom. The molecule has 0 saturated heterocycles. The molecule has 5 rings (SSSR count). The second-order valence-electron chi connectivity index (χ2n) is 6.60. The van der Waals surface area contributed by atoms with Crippen LogP contribution in [0.15, 0.2) is 60.7 Å². The first-order valence-electron chi connectivity index (χ1n) is 8.53. The number of carboxylic acid groups (broad SMARTS) is 1. The van der Waals surface area contributed by atoms with Gasteiger partial charge in [0, 0.05) is 31.6 Å². The van der Waals surface area contributed by atoms with E-state index in [4.69, 9.17) is 0 Å². The van der Waals surface area contributed by atoms with Gasteiger partial charge < -0.3 is 14.8 Å². The molecule has 2 N–H and O–H groups in total. The highest BCUT2D eigenvalue weighted by molar-refractivity contribution is 7.26. The summed E-state index contributed by atoms with van der Waals surface area (Å²) in [5.41, 5.74) is 2.71. The van der Waals surface area contributed by atoms with E-state index in [9.17, 15) is 15.0 Å². The number of aryl methyl sites for hydroxylation is 1. The van der Waals surface area contributed by atoms with Crippen LogP contribution >= 0.6 is 11.3 Å². The third kappa shape index (κ3) is 2.25. The number of hydrogen-bond acceptors (Lipinski definition) is 3. The minimum absolute atomic E-state index is 0.101. The Morgan fingerprint density at radius 3 is 2.56 bits per heavy atom. The van der Waals surface area contributed by atoms with Crippen LogP contribution in [0.2, 0.25) is 0 Å². The molecule has 0 spiro atoms. The fourth-order valence-corrected chi connectivity index (χ4v) is 4.98. The molecule has 5 aromatic rings. The summed E-state index contributed by atoms with van der Waals surface area (Å²) in [7, 11) is 0. The zero-order chi connectivity index (χ0) is 18.7. The van der Waals surface area contributed by atoms with Crippen molar-refractivity contribution in [3.05, 3.63) is 71.9 Å². The number of hydrogen-bond donors (Lipinski definition) is 2. The van der Waals surface area contributed by atoms with E-state index in [1.165, 1.54) is 14.8 Å². The van der Waals surface area contributed by atoms with E-state index in [2.05, 4.69) is 18.2 Å². The van der Waals surface area contributed by atoms with Gasteiger partial charge in [-0.15, -0.1) is 11.3 Å². The summed E-state index contributed by atoms with van der Waals surface area (Å²) in [6.07, 6.45) is 0. The number of benzene rings is 3. The number of thiophene rings is 1. The molecule has 0 amide bonds. The third-order valence-electron chi connectivity index (χ3n) is 5.01. The SMILES string of the molecule is Cc1c2cc(C(=O)O)n(-c3cccc(O)c3)c2cc2c1sc1ccccc12. The van der Waals surface area contributed by atoms with Gasteiger partial charge in [-0.25, -0.2) is 4.79 Å². The van der Waals surface area contributed by atoms with Gasteiger partial charge in [-0.05, 0) is 42.8 Å². The number of phenols is 1. The predicted molar refractivity (Wildman–Crippen MR) is 110 cm³/mol. The second-order valence-corrected chi connectivity index (χ2v) is 7.65. The minimum atomic E-state index is -0.998. The van der Waals surface area contributed by atoms with Crippen LogP contribution in [0.25, 0.3) is 36.8 Å². The molecule has 2 aromatic heterocycles. The standard InChI is InChI=1S/C22H15NO3S/c1-12-16-10-19(22(25)26)23(13-5-4-6-14(24)9-13)18(16)11-17-15-7-2-3-8-20(15)27-21(12)17/h2-11,24H,1H3,(H,25,26). The molecule has 27 heavy (non-hydrogen) atoms. The molecule has 3 aromatic carbocycles. The summed E-state index contributed by atoms with van der Waals surface area (Å²) in [5, 5.41) is 22.9. The van der Waals surface area contributed by atoms with Gasteiger partial charge >= 0.3 is 5.97 Å². The quantitative estimate of drug-likeness (QED) is 0.416. The maximum Gasteiger partial charge on any atom is 0.352 e. The molecule has 0 fully saturated rings. The van der Waals surface area contributed by atoms with E-state index in [0.717, 1.165) is 21.9 Å². The average molecular weight is 373 g/mol. The molecule has 0 aliphatic carbocycles. The van der Waals surface area contributed by atoms with Gasteiger partial charge in [0.1, 0.15) is 11.4 Å². The van der Waals surface area contributed by atoms with Crippen molar-refractivity contribution >= 4 is 48.4 Å². The van der Waals surface area contributed by atoms with Gasteiger partial charge in [-0.3, -0.25) is 0 Å². The predicted octanol–water partition coefficient (Wildman–Crippen LogP) is 5.71. The van der Waals surface area contributed by atoms with E-state index >= 15 is 0 Å². The van der Waals surface area contributed by atoms with Crippen molar-refractivity contribution in [3.8, 4) is 11.4 Å². The summed E-state index contributed by atoms with van der Waals surface area (Å²) >= 11 is 1.73. The van der Waals surface area contributed by atoms with Crippen LogP contribution in [-0.2, 0) is 0 Å². The highest BCUT2D eigenvalue weighted by Gasteiger charge is 2.20. The lowest BCUT2D eigenvalue weighted by Gasteiger charge is -2.10. The molecule has 0 aliphatic rings. The number of nitrogens with zero attached hydrogens (tertiary/aromatic N) is 1. The molecule has 0 radical (unpaired) electrons. The van der Waals surface area contributed by atoms with Gasteiger partial charge in [0.2, 0.25) is 0 Å². The minimum Gasteiger partial charge on any atom is -0.508 e. The number of carbonyl (C=O) groups is 1. The van der Waals surface area contributed by atoms with Crippen molar-refractivity contribution in [2.45, 2.75) is 6.92 Å². The number of aromatic hydroxyl groups is 1. The number of aromatic nitrogens is 1. The van der Waals surface area contributed by atoms with Crippen LogP contribution in [-0.4, -0.2) is 20.7 Å². The molecule has 2 heterocycles. The van der Waals surface area contributed by atoms with Gasteiger partial charge in [-0.2, -0.15) is 0 Å². The maximum absolute atomic E-state index is 11.9. The van der Waals surface area contributed by atoms with E-state index in [0.29, 0.717) is 5.69 Å². The van der Waals surface area contributed by atoms with E-state index in [1.807, 2.05) is 19.1 Å². The highest BCUT2D eigenvalue weighted by atomic mass is 32.1. The number of phenolic OH excluding ortho intramolecular Hbond substituents is 1. The summed E-state index contributed by atoms with van der Waals surface area (Å²) in [6, 6.07) is 18.7.